The molecule has 0 fully saturated rings. The normalized spacial score (nSPS) is 21.6. The van der Waals surface area contributed by atoms with Crippen LogP contribution < -0.4 is 9.47 Å². The molecule has 0 unspecified atom stereocenters. The van der Waals surface area contributed by atoms with E-state index in [-0.39, 0.29) is 63.9 Å². The van der Waals surface area contributed by atoms with Gasteiger partial charge in [-0.2, -0.15) is 0 Å². The van der Waals surface area contributed by atoms with Crippen molar-refractivity contribution in [2.75, 3.05) is 0 Å². The van der Waals surface area contributed by atoms with Gasteiger partial charge in [0.25, 0.3) is 0 Å². The first-order chi connectivity index (χ1) is 32.8. The van der Waals surface area contributed by atoms with Gasteiger partial charge in [0, 0.05) is 69.8 Å². The number of hydrogen-bond donors (Lipinski definition) is 10. The molecule has 12 rings (SSSR count). The Morgan fingerprint density at radius 3 is 1.32 bits per heavy atom. The molecule has 0 saturated heterocycles. The highest BCUT2D eigenvalue weighted by atomic mass is 16.5. The highest BCUT2D eigenvalue weighted by molar-refractivity contribution is 5.69. The molecule has 0 bridgehead atoms. The third-order valence-corrected chi connectivity index (χ3v) is 14.4. The summed E-state index contributed by atoms with van der Waals surface area (Å²) in [5.74, 6) is -3.93. The van der Waals surface area contributed by atoms with Crippen molar-refractivity contribution >= 4 is 0 Å². The molecular formula is C56H42O12. The van der Waals surface area contributed by atoms with Crippen LogP contribution in [0.2, 0.25) is 0 Å². The minimum Gasteiger partial charge on any atom is -0.508 e. The summed E-state index contributed by atoms with van der Waals surface area (Å²) in [4.78, 5) is 0. The van der Waals surface area contributed by atoms with Crippen molar-refractivity contribution in [1.82, 2.24) is 0 Å². The van der Waals surface area contributed by atoms with Gasteiger partial charge in [0.2, 0.25) is 0 Å². The van der Waals surface area contributed by atoms with Gasteiger partial charge in [-0.25, -0.2) is 0 Å². The Morgan fingerprint density at radius 2 is 0.750 bits per heavy atom. The highest BCUT2D eigenvalue weighted by Gasteiger charge is 2.49. The van der Waals surface area contributed by atoms with Crippen LogP contribution >= 0.6 is 0 Å². The Hall–Kier alpha value is -8.64. The Bertz CT molecular complexity index is 3370. The summed E-state index contributed by atoms with van der Waals surface area (Å²) in [6.45, 7) is 0. The van der Waals surface area contributed by atoms with Gasteiger partial charge in [0.05, 0.1) is 11.8 Å². The van der Waals surface area contributed by atoms with Crippen molar-refractivity contribution in [2.24, 2.45) is 0 Å². The molecule has 4 aliphatic rings. The van der Waals surface area contributed by atoms with Crippen molar-refractivity contribution in [3.63, 3.8) is 0 Å². The SMILES string of the molecule is Oc1ccc([C@H]2c3c(O)cc(O)cc3[C@H]3c4c(cc(O)cc4[C@@H]2c2cc([C@@H]4Cc5cc(O)cc6c5[C@H](c5cc(O)cc(O)c54)[C@H](c4ccc(O)cc4)O6)ccc2O)O[C@H]3c2ccc(O)cc2)cc1. The maximum atomic E-state index is 12.3. The number of ether oxygens (including phenoxy) is 2. The average molecular weight is 907 g/mol. The Kier molecular flexibility index (Phi) is 8.97. The second kappa shape index (κ2) is 14.9. The molecule has 0 saturated carbocycles. The van der Waals surface area contributed by atoms with Crippen LogP contribution in [0.5, 0.6) is 69.0 Å². The third-order valence-electron chi connectivity index (χ3n) is 14.4. The van der Waals surface area contributed by atoms with E-state index in [1.54, 1.807) is 103 Å². The molecule has 68 heavy (non-hydrogen) atoms. The Balaban J connectivity index is 1.11. The number of aromatic hydroxyl groups is 10. The molecule has 8 aromatic carbocycles. The number of phenols is 10. The number of fused-ring (bicyclic) bond motifs is 4. The third kappa shape index (κ3) is 6.28. The van der Waals surface area contributed by atoms with Crippen molar-refractivity contribution in [1.29, 1.82) is 0 Å². The first-order valence-corrected chi connectivity index (χ1v) is 22.2. The summed E-state index contributed by atoms with van der Waals surface area (Å²) in [6.07, 6.45) is -1.22. The molecule has 2 aliphatic carbocycles. The topological polar surface area (TPSA) is 221 Å². The first-order valence-electron chi connectivity index (χ1n) is 22.2. The van der Waals surface area contributed by atoms with Gasteiger partial charge in [-0.1, -0.05) is 48.5 Å². The predicted octanol–water partition coefficient (Wildman–Crippen LogP) is 10.2. The molecule has 0 aromatic heterocycles. The van der Waals surface area contributed by atoms with Gasteiger partial charge in [-0.05, 0) is 118 Å². The van der Waals surface area contributed by atoms with Crippen molar-refractivity contribution in [2.45, 2.75) is 48.2 Å². The maximum absolute atomic E-state index is 12.3. The van der Waals surface area contributed by atoms with Crippen molar-refractivity contribution in [3.05, 3.63) is 212 Å². The van der Waals surface area contributed by atoms with Crippen LogP contribution in [-0.4, -0.2) is 51.1 Å². The van der Waals surface area contributed by atoms with Crippen LogP contribution in [0.3, 0.4) is 0 Å². The molecule has 0 spiro atoms. The summed E-state index contributed by atoms with van der Waals surface area (Å²) < 4.78 is 13.3. The lowest BCUT2D eigenvalue weighted by atomic mass is 9.72. The van der Waals surface area contributed by atoms with E-state index in [9.17, 15) is 51.1 Å². The van der Waals surface area contributed by atoms with Gasteiger partial charge in [0.1, 0.15) is 81.2 Å². The zero-order chi connectivity index (χ0) is 46.9. The molecule has 0 radical (unpaired) electrons. The van der Waals surface area contributed by atoms with Crippen molar-refractivity contribution < 1.29 is 60.5 Å². The number of hydrogen-bond acceptors (Lipinski definition) is 12. The summed E-state index contributed by atoms with van der Waals surface area (Å²) >= 11 is 0. The smallest absolute Gasteiger partial charge is 0.135 e. The average Bonchev–Trinajstić information content (AvgIpc) is 3.79. The monoisotopic (exact) mass is 906 g/mol. The molecule has 12 heteroatoms. The van der Waals surface area contributed by atoms with Gasteiger partial charge < -0.3 is 60.5 Å². The number of benzene rings is 8. The minimum atomic E-state index is -0.915. The Labute approximate surface area is 388 Å². The summed E-state index contributed by atoms with van der Waals surface area (Å²) in [5.41, 5.74) is 7.66. The molecule has 7 atom stereocenters. The van der Waals surface area contributed by atoms with Crippen LogP contribution in [0.4, 0.5) is 0 Å². The quantitative estimate of drug-likeness (QED) is 0.0780. The van der Waals surface area contributed by atoms with Crippen LogP contribution in [0, 0.1) is 0 Å². The molecule has 338 valence electrons. The second-order valence-electron chi connectivity index (χ2n) is 18.2. The van der Waals surface area contributed by atoms with Crippen LogP contribution in [-0.2, 0) is 6.42 Å². The van der Waals surface area contributed by atoms with Crippen LogP contribution in [0.1, 0.15) is 114 Å². The van der Waals surface area contributed by atoms with E-state index in [2.05, 4.69) is 0 Å². The zero-order valence-corrected chi connectivity index (χ0v) is 35.8. The molecular weight excluding hydrogens is 865 g/mol. The number of rotatable bonds is 5. The molecule has 10 N–H and O–H groups in total. The molecule has 8 aromatic rings. The molecule has 2 heterocycles. The Morgan fingerprint density at radius 1 is 0.309 bits per heavy atom. The van der Waals surface area contributed by atoms with Gasteiger partial charge >= 0.3 is 0 Å². The van der Waals surface area contributed by atoms with Gasteiger partial charge in [-0.15, -0.1) is 0 Å². The lowest BCUT2D eigenvalue weighted by Crippen LogP contribution is -2.17. The van der Waals surface area contributed by atoms with Crippen molar-refractivity contribution in [3.8, 4) is 69.0 Å². The second-order valence-corrected chi connectivity index (χ2v) is 18.2. The number of phenolic OH excluding ortho intramolecular Hbond substituents is 10. The largest absolute Gasteiger partial charge is 0.508 e. The van der Waals surface area contributed by atoms with Gasteiger partial charge in [-0.3, -0.25) is 0 Å². The van der Waals surface area contributed by atoms with E-state index in [4.69, 9.17) is 9.47 Å². The fourth-order valence-corrected chi connectivity index (χ4v) is 11.7. The van der Waals surface area contributed by atoms with E-state index < -0.39 is 41.8 Å². The van der Waals surface area contributed by atoms with Gasteiger partial charge in [0.15, 0.2) is 0 Å². The lowest BCUT2D eigenvalue weighted by molar-refractivity contribution is 0.221. The first kappa shape index (κ1) is 40.8. The lowest BCUT2D eigenvalue weighted by Gasteiger charge is -2.32. The minimum absolute atomic E-state index is 0.00380. The summed E-state index contributed by atoms with van der Waals surface area (Å²) in [7, 11) is 0. The molecule has 2 aliphatic heterocycles. The standard InChI is InChI=1S/C56H42O12/c57-30-8-1-25(2-9-30)48-50(40-20-36(63)24-46-52(40)54(41-19-35(62)22-44(66)51(41)48)56(68-46)27-5-12-32(59)13-6-27)38-16-28(7-14-42(38)64)37-17-29-15-33(60)23-45-47(29)53(39-18-34(61)21-43(65)49(37)39)55(67-45)26-3-10-31(58)11-4-26/h1-16,18-24,37,48,50,53-66H,17H2/t37-,48+,50-,53-,54-,55-,56-/m0/s1. The molecule has 12 nitrogen and oxygen atoms in total. The zero-order valence-electron chi connectivity index (χ0n) is 35.8. The van der Waals surface area contributed by atoms with Crippen LogP contribution in [0.25, 0.3) is 0 Å². The summed E-state index contributed by atoms with van der Waals surface area (Å²) in [5, 5.41) is 113. The van der Waals surface area contributed by atoms with E-state index in [0.29, 0.717) is 72.7 Å². The fourth-order valence-electron chi connectivity index (χ4n) is 11.7. The highest BCUT2D eigenvalue weighted by Crippen LogP contribution is 2.64. The maximum Gasteiger partial charge on any atom is 0.135 e. The van der Waals surface area contributed by atoms with E-state index in [0.717, 1.165) is 11.1 Å². The predicted molar refractivity (Wildman–Crippen MR) is 248 cm³/mol. The van der Waals surface area contributed by atoms with E-state index in [1.165, 1.54) is 30.3 Å². The summed E-state index contributed by atoms with van der Waals surface area (Å²) in [6, 6.07) is 37.0. The fraction of sp³-hybridized carbons (Fsp3) is 0.143. The van der Waals surface area contributed by atoms with Crippen LogP contribution in [0.15, 0.2) is 140 Å². The van der Waals surface area contributed by atoms with E-state index >= 15 is 0 Å². The van der Waals surface area contributed by atoms with E-state index in [1.807, 2.05) is 6.07 Å². The molecule has 0 amide bonds.